The summed E-state index contributed by atoms with van der Waals surface area (Å²) in [5.74, 6) is 0. The first kappa shape index (κ1) is 11.9. The number of hydrogen-bond donors (Lipinski definition) is 1. The smallest absolute Gasteiger partial charge is 0.185 e. The van der Waals surface area contributed by atoms with Gasteiger partial charge in [0.1, 0.15) is 0 Å². The summed E-state index contributed by atoms with van der Waals surface area (Å²) < 4.78 is 0. The molecule has 0 aromatic carbocycles. The lowest BCUT2D eigenvalue weighted by Gasteiger charge is -2.35. The van der Waals surface area contributed by atoms with Crippen molar-refractivity contribution in [3.63, 3.8) is 0 Å². The zero-order chi connectivity index (χ0) is 11.4. The number of nitrogens with one attached hydrogen (secondary N) is 1. The molecule has 1 saturated heterocycles. The van der Waals surface area contributed by atoms with Gasteiger partial charge in [-0.1, -0.05) is 6.92 Å². The molecule has 1 aliphatic heterocycles. The van der Waals surface area contributed by atoms with Crippen molar-refractivity contribution in [2.75, 3.05) is 18.5 Å². The summed E-state index contributed by atoms with van der Waals surface area (Å²) in [6.45, 7) is 4.34. The van der Waals surface area contributed by atoms with E-state index in [0.717, 1.165) is 6.54 Å². The number of hydrogen-bond acceptors (Lipinski definition) is 4. The Balaban J connectivity index is 2.08. The largest absolute Gasteiger partial charge is 0.345 e. The maximum absolute atomic E-state index is 4.70. The highest BCUT2D eigenvalue weighted by atomic mass is 32.1. The molecule has 1 unspecified atom stereocenters. The Kier molecular flexibility index (Phi) is 4.18. The van der Waals surface area contributed by atoms with Gasteiger partial charge in [0.2, 0.25) is 0 Å². The summed E-state index contributed by atoms with van der Waals surface area (Å²) in [7, 11) is 1.97. The van der Waals surface area contributed by atoms with E-state index < -0.39 is 0 Å². The second-order valence-electron chi connectivity index (χ2n) is 4.40. The quantitative estimate of drug-likeness (QED) is 0.875. The average Bonchev–Trinajstić information content (AvgIpc) is 2.78. The van der Waals surface area contributed by atoms with Crippen molar-refractivity contribution < 1.29 is 0 Å². The SMILES string of the molecule is CCC1CCCCN1c1nc(CNC)cs1. The molecular weight excluding hydrogens is 218 g/mol. The Bertz CT molecular complexity index is 324. The predicted octanol–water partition coefficient (Wildman–Crippen LogP) is 2.63. The highest BCUT2D eigenvalue weighted by Gasteiger charge is 2.23. The summed E-state index contributed by atoms with van der Waals surface area (Å²) in [6.07, 6.45) is 5.26. The zero-order valence-corrected chi connectivity index (χ0v) is 11.0. The van der Waals surface area contributed by atoms with Crippen molar-refractivity contribution in [1.29, 1.82) is 0 Å². The minimum Gasteiger partial charge on any atom is -0.345 e. The van der Waals surface area contributed by atoms with Gasteiger partial charge >= 0.3 is 0 Å². The van der Waals surface area contributed by atoms with Crippen LogP contribution < -0.4 is 10.2 Å². The average molecular weight is 239 g/mol. The number of aromatic nitrogens is 1. The standard InChI is InChI=1S/C12H21N3S/c1-3-11-6-4-5-7-15(11)12-14-10(8-13-2)9-16-12/h9,11,13H,3-8H2,1-2H3. The van der Waals surface area contributed by atoms with E-state index in [4.69, 9.17) is 4.98 Å². The first-order valence-corrected chi connectivity index (χ1v) is 7.08. The van der Waals surface area contributed by atoms with Crippen molar-refractivity contribution >= 4 is 16.5 Å². The first-order chi connectivity index (χ1) is 7.85. The molecule has 0 aliphatic carbocycles. The molecule has 0 amide bonds. The molecule has 1 fully saturated rings. The van der Waals surface area contributed by atoms with Gasteiger partial charge < -0.3 is 10.2 Å². The van der Waals surface area contributed by atoms with Crippen LogP contribution in [0.15, 0.2) is 5.38 Å². The molecule has 0 bridgehead atoms. The van der Waals surface area contributed by atoms with Crippen molar-refractivity contribution in [3.8, 4) is 0 Å². The Hall–Kier alpha value is -0.610. The molecule has 0 radical (unpaired) electrons. The van der Waals surface area contributed by atoms with Gasteiger partial charge in [0.05, 0.1) is 5.69 Å². The van der Waals surface area contributed by atoms with E-state index in [-0.39, 0.29) is 0 Å². The first-order valence-electron chi connectivity index (χ1n) is 6.20. The Morgan fingerprint density at radius 2 is 2.44 bits per heavy atom. The molecule has 4 heteroatoms. The van der Waals surface area contributed by atoms with Gasteiger partial charge in [0.15, 0.2) is 5.13 Å². The maximum atomic E-state index is 4.70. The van der Waals surface area contributed by atoms with Crippen LogP contribution in [-0.2, 0) is 6.54 Å². The maximum Gasteiger partial charge on any atom is 0.185 e. The van der Waals surface area contributed by atoms with Crippen LogP contribution in [0.25, 0.3) is 0 Å². The van der Waals surface area contributed by atoms with E-state index >= 15 is 0 Å². The van der Waals surface area contributed by atoms with Gasteiger partial charge in [-0.3, -0.25) is 0 Å². The second-order valence-corrected chi connectivity index (χ2v) is 5.24. The molecule has 1 aromatic rings. The van der Waals surface area contributed by atoms with Gasteiger partial charge in [-0.05, 0) is 32.7 Å². The molecular formula is C12H21N3S. The molecule has 1 N–H and O–H groups in total. The third-order valence-electron chi connectivity index (χ3n) is 3.24. The highest BCUT2D eigenvalue weighted by Crippen LogP contribution is 2.29. The van der Waals surface area contributed by atoms with Crippen LogP contribution in [-0.4, -0.2) is 24.6 Å². The lowest BCUT2D eigenvalue weighted by atomic mass is 10.0. The van der Waals surface area contributed by atoms with Gasteiger partial charge in [-0.15, -0.1) is 11.3 Å². The monoisotopic (exact) mass is 239 g/mol. The fourth-order valence-corrected chi connectivity index (χ4v) is 3.29. The van der Waals surface area contributed by atoms with Crippen molar-refractivity contribution in [3.05, 3.63) is 11.1 Å². The minimum atomic E-state index is 0.710. The fraction of sp³-hybridized carbons (Fsp3) is 0.750. The van der Waals surface area contributed by atoms with Crippen LogP contribution in [0.3, 0.4) is 0 Å². The summed E-state index contributed by atoms with van der Waals surface area (Å²) in [5.41, 5.74) is 1.17. The van der Waals surface area contributed by atoms with Gasteiger partial charge in [-0.2, -0.15) is 0 Å². The summed E-state index contributed by atoms with van der Waals surface area (Å²) in [6, 6.07) is 0.710. The molecule has 3 nitrogen and oxygen atoms in total. The summed E-state index contributed by atoms with van der Waals surface area (Å²) in [5, 5.41) is 6.54. The number of thiazole rings is 1. The normalized spacial score (nSPS) is 21.4. The lowest BCUT2D eigenvalue weighted by molar-refractivity contribution is 0.449. The van der Waals surface area contributed by atoms with Crippen molar-refractivity contribution in [2.45, 2.75) is 45.2 Å². The molecule has 2 heterocycles. The minimum absolute atomic E-state index is 0.710. The lowest BCUT2D eigenvalue weighted by Crippen LogP contribution is -2.39. The Morgan fingerprint density at radius 3 is 3.19 bits per heavy atom. The topological polar surface area (TPSA) is 28.2 Å². The van der Waals surface area contributed by atoms with Crippen LogP contribution >= 0.6 is 11.3 Å². The van der Waals surface area contributed by atoms with E-state index in [9.17, 15) is 0 Å². The number of nitrogens with zero attached hydrogens (tertiary/aromatic N) is 2. The van der Waals surface area contributed by atoms with E-state index in [1.54, 1.807) is 11.3 Å². The van der Waals surface area contributed by atoms with E-state index in [1.807, 2.05) is 7.05 Å². The molecule has 90 valence electrons. The van der Waals surface area contributed by atoms with Crippen LogP contribution in [0.2, 0.25) is 0 Å². The van der Waals surface area contributed by atoms with E-state index in [2.05, 4.69) is 22.5 Å². The van der Waals surface area contributed by atoms with Crippen LogP contribution in [0.1, 0.15) is 38.3 Å². The van der Waals surface area contributed by atoms with E-state index in [1.165, 1.54) is 43.1 Å². The Labute approximate surface area is 102 Å². The fourth-order valence-electron chi connectivity index (χ4n) is 2.37. The van der Waals surface area contributed by atoms with Crippen molar-refractivity contribution in [1.82, 2.24) is 10.3 Å². The molecule has 1 atom stereocenters. The molecule has 16 heavy (non-hydrogen) atoms. The zero-order valence-electron chi connectivity index (χ0n) is 10.2. The Morgan fingerprint density at radius 1 is 1.56 bits per heavy atom. The summed E-state index contributed by atoms with van der Waals surface area (Å²) >= 11 is 1.79. The van der Waals surface area contributed by atoms with Gasteiger partial charge in [0.25, 0.3) is 0 Å². The highest BCUT2D eigenvalue weighted by molar-refractivity contribution is 7.13. The van der Waals surface area contributed by atoms with Gasteiger partial charge in [-0.25, -0.2) is 4.98 Å². The number of anilines is 1. The van der Waals surface area contributed by atoms with Crippen LogP contribution in [0.4, 0.5) is 5.13 Å². The summed E-state index contributed by atoms with van der Waals surface area (Å²) in [4.78, 5) is 7.21. The third kappa shape index (κ3) is 2.55. The molecule has 1 aromatic heterocycles. The number of piperidine rings is 1. The number of rotatable bonds is 4. The third-order valence-corrected chi connectivity index (χ3v) is 4.17. The van der Waals surface area contributed by atoms with Crippen LogP contribution in [0.5, 0.6) is 0 Å². The van der Waals surface area contributed by atoms with E-state index in [0.29, 0.717) is 6.04 Å². The predicted molar refractivity (Wildman–Crippen MR) is 70.2 cm³/mol. The van der Waals surface area contributed by atoms with Crippen molar-refractivity contribution in [2.24, 2.45) is 0 Å². The molecule has 2 rings (SSSR count). The second kappa shape index (κ2) is 5.64. The molecule has 1 aliphatic rings. The molecule has 0 spiro atoms. The van der Waals surface area contributed by atoms with Crippen LogP contribution in [0, 0.1) is 0 Å². The molecule has 0 saturated carbocycles. The van der Waals surface area contributed by atoms with Gasteiger partial charge in [0, 0.05) is 24.5 Å².